The Hall–Kier alpha value is -2.35. The lowest BCUT2D eigenvalue weighted by atomic mass is 10.2. The lowest BCUT2D eigenvalue weighted by Gasteiger charge is -2.09. The molecule has 2 rings (SSSR count). The molecule has 0 unspecified atom stereocenters. The van der Waals surface area contributed by atoms with Gasteiger partial charge in [0.25, 0.3) is 0 Å². The van der Waals surface area contributed by atoms with Gasteiger partial charge in [0.05, 0.1) is 27.9 Å². The van der Waals surface area contributed by atoms with E-state index in [-0.39, 0.29) is 11.4 Å². The fourth-order valence-electron chi connectivity index (χ4n) is 2.03. The number of ether oxygens (including phenoxy) is 3. The highest BCUT2D eigenvalue weighted by Gasteiger charge is 2.28. The number of halogens is 1. The Kier molecular flexibility index (Phi) is 5.38. The summed E-state index contributed by atoms with van der Waals surface area (Å²) < 4.78 is 16.4. The second-order valence-electron chi connectivity index (χ2n) is 4.50. The Morgan fingerprint density at radius 3 is 2.22 bits per heavy atom. The number of esters is 2. The molecule has 0 saturated carbocycles. The summed E-state index contributed by atoms with van der Waals surface area (Å²) in [4.78, 5) is 27.9. The molecule has 0 amide bonds. The van der Waals surface area contributed by atoms with Gasteiger partial charge >= 0.3 is 11.9 Å². The molecule has 0 radical (unpaired) electrons. The monoisotopic (exact) mass is 382 g/mol. The van der Waals surface area contributed by atoms with Crippen LogP contribution in [0.15, 0.2) is 29.0 Å². The first-order valence-electron chi connectivity index (χ1n) is 6.57. The molecule has 0 aliphatic heterocycles. The molecule has 1 aromatic heterocycles. The van der Waals surface area contributed by atoms with Crippen molar-refractivity contribution in [2.75, 3.05) is 21.3 Å². The molecular formula is C15H15BrN2O5. The van der Waals surface area contributed by atoms with Gasteiger partial charge in [-0.05, 0) is 33.6 Å². The lowest BCUT2D eigenvalue weighted by molar-refractivity contribution is 0.0544. The largest absolute Gasteiger partial charge is 0.497 e. The van der Waals surface area contributed by atoms with E-state index in [0.29, 0.717) is 11.3 Å². The molecule has 1 heterocycles. The third-order valence-electron chi connectivity index (χ3n) is 3.18. The first kappa shape index (κ1) is 17.0. The molecule has 0 aliphatic carbocycles. The van der Waals surface area contributed by atoms with Crippen molar-refractivity contribution in [1.29, 1.82) is 0 Å². The maximum Gasteiger partial charge on any atom is 0.359 e. The summed E-state index contributed by atoms with van der Waals surface area (Å²) in [7, 11) is 4.04. The first-order valence-corrected chi connectivity index (χ1v) is 7.36. The van der Waals surface area contributed by atoms with Crippen LogP contribution in [0.2, 0.25) is 0 Å². The highest BCUT2D eigenvalue weighted by atomic mass is 79.9. The fourth-order valence-corrected chi connectivity index (χ4v) is 2.51. The quantitative estimate of drug-likeness (QED) is 0.738. The zero-order valence-electron chi connectivity index (χ0n) is 12.8. The zero-order chi connectivity index (χ0) is 17.0. The molecule has 0 N–H and O–H groups in total. The number of carbonyl (C=O) groups is 2. The van der Waals surface area contributed by atoms with Gasteiger partial charge in [0.2, 0.25) is 0 Å². The van der Waals surface area contributed by atoms with Crippen molar-refractivity contribution in [2.45, 2.75) is 6.54 Å². The summed E-state index contributed by atoms with van der Waals surface area (Å²) in [5, 5.41) is 0. The van der Waals surface area contributed by atoms with Crippen LogP contribution in [0.25, 0.3) is 0 Å². The van der Waals surface area contributed by atoms with Crippen LogP contribution in [0.4, 0.5) is 0 Å². The summed E-state index contributed by atoms with van der Waals surface area (Å²) in [5.41, 5.74) is 0.826. The lowest BCUT2D eigenvalue weighted by Crippen LogP contribution is -2.16. The van der Waals surface area contributed by atoms with E-state index < -0.39 is 11.9 Å². The molecule has 0 spiro atoms. The van der Waals surface area contributed by atoms with Crippen molar-refractivity contribution >= 4 is 27.9 Å². The third kappa shape index (κ3) is 3.53. The summed E-state index contributed by atoms with van der Waals surface area (Å²) in [6, 6.07) is 7.31. The van der Waals surface area contributed by atoms with Crippen molar-refractivity contribution in [3.8, 4) is 5.75 Å². The number of nitrogens with zero attached hydrogens (tertiary/aromatic N) is 2. The van der Waals surface area contributed by atoms with Crippen LogP contribution in [0.1, 0.15) is 26.5 Å². The minimum absolute atomic E-state index is 0.0297. The van der Waals surface area contributed by atoms with Gasteiger partial charge in [0.1, 0.15) is 5.75 Å². The third-order valence-corrected chi connectivity index (χ3v) is 3.78. The van der Waals surface area contributed by atoms with Crippen LogP contribution in [-0.2, 0) is 16.0 Å². The van der Waals surface area contributed by atoms with Crippen LogP contribution in [-0.4, -0.2) is 42.8 Å². The topological polar surface area (TPSA) is 79.6 Å². The molecule has 7 nitrogen and oxygen atoms in total. The molecular weight excluding hydrogens is 368 g/mol. The van der Waals surface area contributed by atoms with E-state index in [1.54, 1.807) is 23.8 Å². The van der Waals surface area contributed by atoms with Crippen LogP contribution >= 0.6 is 15.9 Å². The number of carbonyl (C=O) groups excluding carboxylic acids is 2. The summed E-state index contributed by atoms with van der Waals surface area (Å²) in [5.74, 6) is -0.654. The van der Waals surface area contributed by atoms with Crippen LogP contribution in [0.3, 0.4) is 0 Å². The zero-order valence-corrected chi connectivity index (χ0v) is 14.4. The van der Waals surface area contributed by atoms with Crippen LogP contribution in [0.5, 0.6) is 5.75 Å². The normalized spacial score (nSPS) is 10.3. The standard InChI is InChI=1S/C15H15BrN2O5/c1-21-10-6-4-9(5-7-10)8-18-12(14(20)23-3)11(13(19)22-2)17-15(18)16/h4-7H,8H2,1-3H3. The van der Waals surface area contributed by atoms with Gasteiger partial charge in [-0.2, -0.15) is 0 Å². The summed E-state index contributed by atoms with van der Waals surface area (Å²) in [6.45, 7) is 0.318. The molecule has 1 aromatic carbocycles. The molecule has 23 heavy (non-hydrogen) atoms. The van der Waals surface area contributed by atoms with E-state index in [9.17, 15) is 9.59 Å². The average molecular weight is 383 g/mol. The fraction of sp³-hybridized carbons (Fsp3) is 0.267. The molecule has 0 atom stereocenters. The van der Waals surface area contributed by atoms with Crippen LogP contribution in [0, 0.1) is 0 Å². The molecule has 0 saturated heterocycles. The van der Waals surface area contributed by atoms with Crippen molar-refractivity contribution in [3.63, 3.8) is 0 Å². The van der Waals surface area contributed by atoms with Crippen molar-refractivity contribution in [3.05, 3.63) is 46.0 Å². The Bertz CT molecular complexity index is 724. The van der Waals surface area contributed by atoms with Gasteiger partial charge < -0.3 is 18.8 Å². The maximum atomic E-state index is 12.0. The van der Waals surface area contributed by atoms with E-state index >= 15 is 0 Å². The van der Waals surface area contributed by atoms with Crippen LogP contribution < -0.4 is 4.74 Å². The van der Waals surface area contributed by atoms with E-state index in [0.717, 1.165) is 11.3 Å². The van der Waals surface area contributed by atoms with E-state index in [1.165, 1.54) is 14.2 Å². The maximum absolute atomic E-state index is 12.0. The number of hydrogen-bond donors (Lipinski definition) is 0. The molecule has 122 valence electrons. The molecule has 2 aromatic rings. The first-order chi connectivity index (χ1) is 11.0. The van der Waals surface area contributed by atoms with Gasteiger partial charge in [0, 0.05) is 0 Å². The van der Waals surface area contributed by atoms with Gasteiger partial charge in [-0.15, -0.1) is 0 Å². The average Bonchev–Trinajstić information content (AvgIpc) is 2.90. The summed E-state index contributed by atoms with van der Waals surface area (Å²) in [6.07, 6.45) is 0. The van der Waals surface area contributed by atoms with E-state index in [1.807, 2.05) is 12.1 Å². The van der Waals surface area contributed by atoms with E-state index in [2.05, 4.69) is 25.7 Å². The molecule has 8 heteroatoms. The molecule has 0 aliphatic rings. The van der Waals surface area contributed by atoms with Gasteiger partial charge in [-0.3, -0.25) is 0 Å². The Balaban J connectivity index is 2.45. The SMILES string of the molecule is COC(=O)c1nc(Br)n(Cc2ccc(OC)cc2)c1C(=O)OC. The predicted molar refractivity (Wildman–Crippen MR) is 84.7 cm³/mol. The predicted octanol–water partition coefficient (Wildman–Crippen LogP) is 2.28. The molecule has 0 bridgehead atoms. The Morgan fingerprint density at radius 1 is 1.09 bits per heavy atom. The smallest absolute Gasteiger partial charge is 0.359 e. The van der Waals surface area contributed by atoms with Crippen molar-refractivity contribution < 1.29 is 23.8 Å². The summed E-state index contributed by atoms with van der Waals surface area (Å²) >= 11 is 3.26. The second-order valence-corrected chi connectivity index (χ2v) is 5.20. The number of methoxy groups -OCH3 is 3. The van der Waals surface area contributed by atoms with Crippen molar-refractivity contribution in [2.24, 2.45) is 0 Å². The minimum Gasteiger partial charge on any atom is -0.497 e. The Labute approximate surface area is 141 Å². The van der Waals surface area contributed by atoms with Gasteiger partial charge in [0.15, 0.2) is 16.1 Å². The number of rotatable bonds is 5. The highest BCUT2D eigenvalue weighted by molar-refractivity contribution is 9.10. The van der Waals surface area contributed by atoms with Gasteiger partial charge in [-0.25, -0.2) is 14.6 Å². The number of hydrogen-bond acceptors (Lipinski definition) is 6. The van der Waals surface area contributed by atoms with Gasteiger partial charge in [-0.1, -0.05) is 12.1 Å². The highest BCUT2D eigenvalue weighted by Crippen LogP contribution is 2.21. The number of aromatic nitrogens is 2. The minimum atomic E-state index is -0.709. The number of benzene rings is 1. The second kappa shape index (κ2) is 7.28. The number of imidazole rings is 1. The van der Waals surface area contributed by atoms with Crippen molar-refractivity contribution in [1.82, 2.24) is 9.55 Å². The molecule has 0 fully saturated rings. The Morgan fingerprint density at radius 2 is 1.70 bits per heavy atom. The van der Waals surface area contributed by atoms with E-state index in [4.69, 9.17) is 9.47 Å².